The van der Waals surface area contributed by atoms with Gasteiger partial charge in [-0.3, -0.25) is 10.1 Å². The Morgan fingerprint density at radius 2 is 2.10 bits per heavy atom. The smallest absolute Gasteiger partial charge is 0.276 e. The Morgan fingerprint density at radius 1 is 1.35 bits per heavy atom. The molecule has 1 atom stereocenters. The minimum atomic E-state index is -0.601. The third-order valence-electron chi connectivity index (χ3n) is 2.91. The highest BCUT2D eigenvalue weighted by molar-refractivity contribution is 5.49. The van der Waals surface area contributed by atoms with Gasteiger partial charge in [0.05, 0.1) is 16.6 Å². The van der Waals surface area contributed by atoms with Crippen molar-refractivity contribution < 1.29 is 14.8 Å². The molecule has 0 aliphatic rings. The number of nitro groups is 1. The Kier molecular flexibility index (Phi) is 3.95. The largest absolute Gasteiger partial charge is 0.439 e. The Morgan fingerprint density at radius 3 is 2.65 bits per heavy atom. The van der Waals surface area contributed by atoms with Crippen LogP contribution in [0.1, 0.15) is 24.2 Å². The first kappa shape index (κ1) is 14.0. The zero-order valence-corrected chi connectivity index (χ0v) is 11.1. The van der Waals surface area contributed by atoms with Crippen molar-refractivity contribution in [3.8, 4) is 11.6 Å². The molecule has 0 saturated carbocycles. The van der Waals surface area contributed by atoms with Crippen LogP contribution in [0.15, 0.2) is 36.5 Å². The van der Waals surface area contributed by atoms with E-state index in [1.165, 1.54) is 12.3 Å². The van der Waals surface area contributed by atoms with Crippen LogP contribution in [0.25, 0.3) is 0 Å². The van der Waals surface area contributed by atoms with Crippen molar-refractivity contribution in [1.29, 1.82) is 0 Å². The van der Waals surface area contributed by atoms with Crippen molar-refractivity contribution in [3.05, 3.63) is 57.8 Å². The van der Waals surface area contributed by atoms with Gasteiger partial charge in [0.25, 0.3) is 5.69 Å². The molecule has 6 heteroatoms. The van der Waals surface area contributed by atoms with Gasteiger partial charge in [0.15, 0.2) is 0 Å². The minimum Gasteiger partial charge on any atom is -0.439 e. The maximum atomic E-state index is 10.9. The zero-order chi connectivity index (χ0) is 14.7. The molecular weight excluding hydrogens is 260 g/mol. The van der Waals surface area contributed by atoms with Gasteiger partial charge in [-0.2, -0.15) is 0 Å². The molecule has 0 aliphatic carbocycles. The number of nitrogens with zero attached hydrogens (tertiary/aromatic N) is 2. The van der Waals surface area contributed by atoms with Gasteiger partial charge in [0.2, 0.25) is 5.88 Å². The molecule has 2 aromatic rings. The number of benzene rings is 1. The molecule has 0 unspecified atom stereocenters. The van der Waals surface area contributed by atoms with E-state index < -0.39 is 11.0 Å². The quantitative estimate of drug-likeness (QED) is 0.683. The number of ether oxygens (including phenoxy) is 1. The van der Waals surface area contributed by atoms with Gasteiger partial charge >= 0.3 is 0 Å². The first-order chi connectivity index (χ1) is 9.49. The summed E-state index contributed by atoms with van der Waals surface area (Å²) in [4.78, 5) is 14.5. The average molecular weight is 274 g/mol. The van der Waals surface area contributed by atoms with Gasteiger partial charge in [-0.25, -0.2) is 4.98 Å². The van der Waals surface area contributed by atoms with Gasteiger partial charge in [-0.1, -0.05) is 6.07 Å². The SMILES string of the molecule is Cc1c(Oc2ccc([C@@H](C)O)cn2)cccc1[N+](=O)[O-]. The molecule has 0 spiro atoms. The molecule has 0 saturated heterocycles. The maximum absolute atomic E-state index is 10.9. The fourth-order valence-corrected chi connectivity index (χ4v) is 1.72. The first-order valence-electron chi connectivity index (χ1n) is 6.05. The topological polar surface area (TPSA) is 85.5 Å². The summed E-state index contributed by atoms with van der Waals surface area (Å²) in [6, 6.07) is 7.93. The maximum Gasteiger partial charge on any atom is 0.276 e. The normalized spacial score (nSPS) is 11.9. The van der Waals surface area contributed by atoms with Crippen molar-refractivity contribution in [3.63, 3.8) is 0 Å². The molecule has 0 bridgehead atoms. The molecule has 1 aromatic heterocycles. The number of pyridine rings is 1. The average Bonchev–Trinajstić information content (AvgIpc) is 2.41. The second kappa shape index (κ2) is 5.66. The van der Waals surface area contributed by atoms with Gasteiger partial charge in [0.1, 0.15) is 5.75 Å². The lowest BCUT2D eigenvalue weighted by Gasteiger charge is -2.09. The van der Waals surface area contributed by atoms with Gasteiger partial charge in [-0.05, 0) is 31.5 Å². The van der Waals surface area contributed by atoms with Gasteiger partial charge in [0, 0.05) is 18.3 Å². The summed E-state index contributed by atoms with van der Waals surface area (Å²) in [6.07, 6.45) is 0.906. The lowest BCUT2D eigenvalue weighted by Crippen LogP contribution is -1.97. The Hall–Kier alpha value is -2.47. The monoisotopic (exact) mass is 274 g/mol. The summed E-state index contributed by atoms with van der Waals surface area (Å²) in [5.41, 5.74) is 1.12. The van der Waals surface area contributed by atoms with Crippen molar-refractivity contribution in [2.75, 3.05) is 0 Å². The van der Waals surface area contributed by atoms with Crippen LogP contribution < -0.4 is 4.74 Å². The van der Waals surface area contributed by atoms with E-state index in [1.54, 1.807) is 38.1 Å². The fraction of sp³-hybridized carbons (Fsp3) is 0.214. The highest BCUT2D eigenvalue weighted by Crippen LogP contribution is 2.30. The van der Waals surface area contributed by atoms with Crippen molar-refractivity contribution in [2.24, 2.45) is 0 Å². The highest BCUT2D eigenvalue weighted by Gasteiger charge is 2.15. The summed E-state index contributed by atoms with van der Waals surface area (Å²) in [5.74, 6) is 0.703. The van der Waals surface area contributed by atoms with E-state index in [0.717, 1.165) is 0 Å². The molecule has 1 heterocycles. The molecule has 0 radical (unpaired) electrons. The standard InChI is InChI=1S/C14H14N2O4/c1-9-12(16(18)19)4-3-5-13(9)20-14-7-6-11(8-15-14)10(2)17/h3-8,10,17H,1-2H3/t10-/m1/s1. The minimum absolute atomic E-state index is 0.00287. The van der Waals surface area contributed by atoms with Crippen LogP contribution in [-0.2, 0) is 0 Å². The predicted molar refractivity (Wildman–Crippen MR) is 72.8 cm³/mol. The molecule has 6 nitrogen and oxygen atoms in total. The number of rotatable bonds is 4. The molecule has 0 fully saturated rings. The molecular formula is C14H14N2O4. The number of hydrogen-bond acceptors (Lipinski definition) is 5. The zero-order valence-electron chi connectivity index (χ0n) is 11.1. The summed E-state index contributed by atoms with van der Waals surface area (Å²) >= 11 is 0. The lowest BCUT2D eigenvalue weighted by atomic mass is 10.2. The fourth-order valence-electron chi connectivity index (χ4n) is 1.72. The number of aromatic nitrogens is 1. The molecule has 20 heavy (non-hydrogen) atoms. The van der Waals surface area contributed by atoms with Crippen LogP contribution in [0.2, 0.25) is 0 Å². The summed E-state index contributed by atoms with van der Waals surface area (Å²) < 4.78 is 5.54. The predicted octanol–water partition coefficient (Wildman–Crippen LogP) is 3.14. The van der Waals surface area contributed by atoms with Crippen molar-refractivity contribution in [1.82, 2.24) is 4.98 Å². The molecule has 1 N–H and O–H groups in total. The van der Waals surface area contributed by atoms with E-state index >= 15 is 0 Å². The van der Waals surface area contributed by atoms with E-state index in [2.05, 4.69) is 4.98 Å². The number of nitro benzene ring substituents is 1. The summed E-state index contributed by atoms with van der Waals surface area (Å²) in [6.45, 7) is 3.26. The molecule has 0 aliphatic heterocycles. The molecule has 104 valence electrons. The van der Waals surface area contributed by atoms with Crippen molar-refractivity contribution in [2.45, 2.75) is 20.0 Å². The van der Waals surface area contributed by atoms with E-state index in [1.807, 2.05) is 0 Å². The first-order valence-corrected chi connectivity index (χ1v) is 6.05. The van der Waals surface area contributed by atoms with Crippen LogP contribution in [0, 0.1) is 17.0 Å². The van der Waals surface area contributed by atoms with Crippen molar-refractivity contribution >= 4 is 5.69 Å². The Balaban J connectivity index is 2.26. The summed E-state index contributed by atoms with van der Waals surface area (Å²) in [7, 11) is 0. The third kappa shape index (κ3) is 2.92. The van der Waals surface area contributed by atoms with E-state index in [4.69, 9.17) is 4.74 Å². The van der Waals surface area contributed by atoms with Crippen LogP contribution in [0.3, 0.4) is 0 Å². The summed E-state index contributed by atoms with van der Waals surface area (Å²) in [5, 5.41) is 20.2. The molecule has 1 aromatic carbocycles. The van der Waals surface area contributed by atoms with Gasteiger partial charge in [-0.15, -0.1) is 0 Å². The van der Waals surface area contributed by atoms with E-state index in [-0.39, 0.29) is 5.69 Å². The number of hydrogen-bond donors (Lipinski definition) is 1. The van der Waals surface area contributed by atoms with Crippen LogP contribution in [0.4, 0.5) is 5.69 Å². The third-order valence-corrected chi connectivity index (χ3v) is 2.91. The van der Waals surface area contributed by atoms with Crippen LogP contribution in [-0.4, -0.2) is 15.0 Å². The highest BCUT2D eigenvalue weighted by atomic mass is 16.6. The number of aliphatic hydroxyl groups is 1. The Labute approximate surface area is 115 Å². The molecule has 0 amide bonds. The number of aliphatic hydroxyl groups excluding tert-OH is 1. The second-order valence-electron chi connectivity index (χ2n) is 4.37. The second-order valence-corrected chi connectivity index (χ2v) is 4.37. The Bertz CT molecular complexity index is 624. The van der Waals surface area contributed by atoms with E-state index in [0.29, 0.717) is 22.8 Å². The molecule has 2 rings (SSSR count). The van der Waals surface area contributed by atoms with Crippen LogP contribution in [0.5, 0.6) is 11.6 Å². The van der Waals surface area contributed by atoms with E-state index in [9.17, 15) is 15.2 Å². The van der Waals surface area contributed by atoms with Crippen LogP contribution >= 0.6 is 0 Å². The lowest BCUT2D eigenvalue weighted by molar-refractivity contribution is -0.385. The van der Waals surface area contributed by atoms with Gasteiger partial charge < -0.3 is 9.84 Å².